The Balaban J connectivity index is 1.65. The quantitative estimate of drug-likeness (QED) is 0.285. The summed E-state index contributed by atoms with van der Waals surface area (Å²) < 4.78 is 55.1. The average molecular weight is 499 g/mol. The lowest BCUT2D eigenvalue weighted by Crippen LogP contribution is -2.10. The van der Waals surface area contributed by atoms with Gasteiger partial charge in [0.05, 0.1) is 13.2 Å². The molecule has 170 valence electrons. The molecule has 0 unspecified atom stereocenters. The third-order valence-corrected chi connectivity index (χ3v) is 4.48. The van der Waals surface area contributed by atoms with Crippen molar-refractivity contribution in [2.75, 3.05) is 19.8 Å². The van der Waals surface area contributed by atoms with E-state index in [9.17, 15) is 13.2 Å². The Morgan fingerprint density at radius 3 is 2.23 bits per heavy atom. The fourth-order valence-corrected chi connectivity index (χ4v) is 2.88. The first-order chi connectivity index (χ1) is 14.8. The van der Waals surface area contributed by atoms with Crippen LogP contribution < -0.4 is 14.2 Å². The standard InChI is InChI=1S/C21H21Cl3F3NO3/c22-15-12-16(14-17(13-15)30-11-7-19(23)24)29-9-3-1-2-4-10-31-20-18(21(25,26)27)6-5-8-28-20/h5-8,12-14H,1-4,9-11H2. The van der Waals surface area contributed by atoms with E-state index in [0.29, 0.717) is 29.5 Å². The topological polar surface area (TPSA) is 40.6 Å². The van der Waals surface area contributed by atoms with E-state index in [1.165, 1.54) is 18.3 Å². The number of rotatable bonds is 12. The van der Waals surface area contributed by atoms with Gasteiger partial charge in [0.1, 0.15) is 28.2 Å². The maximum Gasteiger partial charge on any atom is 0.421 e. The summed E-state index contributed by atoms with van der Waals surface area (Å²) in [6, 6.07) is 7.22. The summed E-state index contributed by atoms with van der Waals surface area (Å²) >= 11 is 17.1. The Hall–Kier alpha value is -1.83. The Morgan fingerprint density at radius 2 is 1.58 bits per heavy atom. The van der Waals surface area contributed by atoms with Crippen LogP contribution in [-0.4, -0.2) is 24.8 Å². The van der Waals surface area contributed by atoms with Crippen molar-refractivity contribution in [3.8, 4) is 17.4 Å². The van der Waals surface area contributed by atoms with Crippen LogP contribution >= 0.6 is 34.8 Å². The molecule has 0 N–H and O–H groups in total. The molecule has 0 atom stereocenters. The fraction of sp³-hybridized carbons (Fsp3) is 0.381. The summed E-state index contributed by atoms with van der Waals surface area (Å²) in [6.07, 6.45) is 1.29. The molecule has 0 fully saturated rings. The first-order valence-corrected chi connectivity index (χ1v) is 10.6. The van der Waals surface area contributed by atoms with Gasteiger partial charge in [-0.15, -0.1) is 0 Å². The number of alkyl halides is 3. The molecule has 0 aliphatic heterocycles. The molecule has 0 amide bonds. The number of nitrogens with zero attached hydrogens (tertiary/aromatic N) is 1. The van der Waals surface area contributed by atoms with Crippen molar-refractivity contribution >= 4 is 34.8 Å². The maximum atomic E-state index is 12.9. The van der Waals surface area contributed by atoms with Gasteiger partial charge in [0.25, 0.3) is 0 Å². The van der Waals surface area contributed by atoms with E-state index < -0.39 is 11.7 Å². The van der Waals surface area contributed by atoms with E-state index in [1.807, 2.05) is 0 Å². The first-order valence-electron chi connectivity index (χ1n) is 9.48. The summed E-state index contributed by atoms with van der Waals surface area (Å²) in [6.45, 7) is 0.830. The van der Waals surface area contributed by atoms with Gasteiger partial charge in [-0.1, -0.05) is 34.8 Å². The molecule has 0 saturated carbocycles. The summed E-state index contributed by atoms with van der Waals surface area (Å²) in [5, 5.41) is 0.471. The van der Waals surface area contributed by atoms with Crippen LogP contribution in [0.2, 0.25) is 5.02 Å². The number of hydrogen-bond acceptors (Lipinski definition) is 4. The van der Waals surface area contributed by atoms with Gasteiger partial charge in [0, 0.05) is 17.3 Å². The summed E-state index contributed by atoms with van der Waals surface area (Å²) in [4.78, 5) is 3.67. The zero-order valence-electron chi connectivity index (χ0n) is 16.4. The highest BCUT2D eigenvalue weighted by molar-refractivity contribution is 6.55. The summed E-state index contributed by atoms with van der Waals surface area (Å²) in [7, 11) is 0. The van der Waals surface area contributed by atoms with Crippen molar-refractivity contribution in [1.82, 2.24) is 4.98 Å². The van der Waals surface area contributed by atoms with Gasteiger partial charge in [-0.25, -0.2) is 4.98 Å². The smallest absolute Gasteiger partial charge is 0.421 e. The molecule has 0 spiro atoms. The molecule has 0 aliphatic carbocycles. The fourth-order valence-electron chi connectivity index (χ4n) is 2.54. The molecule has 10 heteroatoms. The van der Waals surface area contributed by atoms with Crippen LogP contribution in [0.5, 0.6) is 17.4 Å². The lowest BCUT2D eigenvalue weighted by Gasteiger charge is -2.12. The van der Waals surface area contributed by atoms with Gasteiger partial charge in [-0.2, -0.15) is 13.2 Å². The Bertz CT molecular complexity index is 859. The van der Waals surface area contributed by atoms with E-state index in [1.54, 1.807) is 18.2 Å². The molecule has 31 heavy (non-hydrogen) atoms. The van der Waals surface area contributed by atoms with Crippen LogP contribution in [0, 0.1) is 0 Å². The number of ether oxygens (including phenoxy) is 3. The minimum Gasteiger partial charge on any atom is -0.493 e. The lowest BCUT2D eigenvalue weighted by atomic mass is 10.2. The van der Waals surface area contributed by atoms with Crippen molar-refractivity contribution in [3.05, 3.63) is 57.7 Å². The third-order valence-electron chi connectivity index (χ3n) is 3.96. The molecule has 2 aromatic rings. The van der Waals surface area contributed by atoms with Crippen LogP contribution in [-0.2, 0) is 6.18 Å². The van der Waals surface area contributed by atoms with E-state index in [4.69, 9.17) is 49.0 Å². The number of aromatic nitrogens is 1. The molecule has 1 aromatic carbocycles. The zero-order chi connectivity index (χ0) is 22.7. The van der Waals surface area contributed by atoms with Gasteiger partial charge in [0.15, 0.2) is 0 Å². The predicted molar refractivity (Wildman–Crippen MR) is 115 cm³/mol. The van der Waals surface area contributed by atoms with Gasteiger partial charge in [0.2, 0.25) is 5.88 Å². The SMILES string of the molecule is FC(F)(F)c1cccnc1OCCCCCCOc1cc(Cl)cc(OCC=C(Cl)Cl)c1. The number of hydrogen-bond donors (Lipinski definition) is 0. The summed E-state index contributed by atoms with van der Waals surface area (Å²) in [5.41, 5.74) is -0.866. The van der Waals surface area contributed by atoms with Gasteiger partial charge >= 0.3 is 6.18 Å². The lowest BCUT2D eigenvalue weighted by molar-refractivity contribution is -0.139. The molecule has 1 aromatic heterocycles. The molecule has 0 saturated heterocycles. The van der Waals surface area contributed by atoms with E-state index in [2.05, 4.69) is 4.98 Å². The van der Waals surface area contributed by atoms with Crippen molar-refractivity contribution in [1.29, 1.82) is 0 Å². The van der Waals surface area contributed by atoms with Gasteiger partial charge in [-0.3, -0.25) is 0 Å². The Kier molecular flexibility index (Phi) is 10.6. The predicted octanol–water partition coefficient (Wildman–Crippen LogP) is 7.47. The highest BCUT2D eigenvalue weighted by Crippen LogP contribution is 2.34. The molecule has 1 heterocycles. The van der Waals surface area contributed by atoms with Crippen LogP contribution in [0.25, 0.3) is 0 Å². The third kappa shape index (κ3) is 9.89. The molecule has 2 rings (SSSR count). The maximum absolute atomic E-state index is 12.9. The van der Waals surface area contributed by atoms with Crippen LogP contribution in [0.15, 0.2) is 47.1 Å². The molecule has 0 radical (unpaired) electrons. The Morgan fingerprint density at radius 1 is 0.935 bits per heavy atom. The monoisotopic (exact) mass is 497 g/mol. The number of pyridine rings is 1. The number of unbranched alkanes of at least 4 members (excludes halogenated alkanes) is 3. The highest BCUT2D eigenvalue weighted by Gasteiger charge is 2.34. The van der Waals surface area contributed by atoms with E-state index in [0.717, 1.165) is 25.3 Å². The molecular formula is C21H21Cl3F3NO3. The highest BCUT2D eigenvalue weighted by atomic mass is 35.5. The Labute approximate surface area is 193 Å². The van der Waals surface area contributed by atoms with Crippen molar-refractivity contribution in [2.24, 2.45) is 0 Å². The van der Waals surface area contributed by atoms with Crippen LogP contribution in [0.3, 0.4) is 0 Å². The second-order valence-corrected chi connectivity index (χ2v) is 7.84. The van der Waals surface area contributed by atoms with Crippen LogP contribution in [0.4, 0.5) is 13.2 Å². The van der Waals surface area contributed by atoms with Gasteiger partial charge in [-0.05, 0) is 56.0 Å². The minimum atomic E-state index is -4.49. The van der Waals surface area contributed by atoms with Crippen LogP contribution in [0.1, 0.15) is 31.2 Å². The molecule has 0 bridgehead atoms. The second-order valence-electron chi connectivity index (χ2n) is 6.39. The second kappa shape index (κ2) is 12.9. The van der Waals surface area contributed by atoms with Crippen molar-refractivity contribution in [2.45, 2.75) is 31.9 Å². The molecule has 4 nitrogen and oxygen atoms in total. The largest absolute Gasteiger partial charge is 0.493 e. The summed E-state index contributed by atoms with van der Waals surface area (Å²) in [5.74, 6) is 0.709. The average Bonchev–Trinajstić information content (AvgIpc) is 2.69. The van der Waals surface area contributed by atoms with Crippen molar-refractivity contribution < 1.29 is 27.4 Å². The zero-order valence-corrected chi connectivity index (χ0v) is 18.7. The minimum absolute atomic E-state index is 0.115. The normalized spacial score (nSPS) is 11.2. The molecular weight excluding hydrogens is 478 g/mol. The van der Waals surface area contributed by atoms with Gasteiger partial charge < -0.3 is 14.2 Å². The first kappa shape index (κ1) is 25.4. The number of benzene rings is 1. The number of halogens is 6. The van der Waals surface area contributed by atoms with E-state index in [-0.39, 0.29) is 23.6 Å². The van der Waals surface area contributed by atoms with Crippen molar-refractivity contribution in [3.63, 3.8) is 0 Å². The molecule has 0 aliphatic rings. The van der Waals surface area contributed by atoms with E-state index >= 15 is 0 Å².